The predicted molar refractivity (Wildman–Crippen MR) is 81.0 cm³/mol. The van der Waals surface area contributed by atoms with Crippen LogP contribution in [0, 0.1) is 23.2 Å². The summed E-state index contributed by atoms with van der Waals surface area (Å²) in [5, 5.41) is 2.66. The van der Waals surface area contributed by atoms with Crippen molar-refractivity contribution in [2.75, 3.05) is 0 Å². The Labute approximate surface area is 117 Å². The summed E-state index contributed by atoms with van der Waals surface area (Å²) in [5.41, 5.74) is 1.73. The zero-order valence-electron chi connectivity index (χ0n) is 11.9. The van der Waals surface area contributed by atoms with E-state index in [0.717, 1.165) is 5.92 Å². The van der Waals surface area contributed by atoms with Gasteiger partial charge in [0.25, 0.3) is 0 Å². The Morgan fingerprint density at radius 1 is 1.39 bits per heavy atom. The molecule has 2 saturated carbocycles. The lowest BCUT2D eigenvalue weighted by Crippen LogP contribution is -2.49. The van der Waals surface area contributed by atoms with Gasteiger partial charge in [-0.05, 0) is 55.7 Å². The van der Waals surface area contributed by atoms with Gasteiger partial charge in [-0.3, -0.25) is 0 Å². The molecule has 0 radical (unpaired) electrons. The molecular weight excluding hydrogens is 238 g/mol. The first-order chi connectivity index (χ1) is 8.49. The molecule has 5 atom stereocenters. The summed E-state index contributed by atoms with van der Waals surface area (Å²) >= 11 is 4.89. The second-order valence-corrected chi connectivity index (χ2v) is 6.93. The number of rotatable bonds is 2. The molecule has 0 N–H and O–H groups in total. The largest absolute Gasteiger partial charge is 0.228 e. The maximum atomic E-state index is 4.89. The van der Waals surface area contributed by atoms with Gasteiger partial charge >= 0.3 is 0 Å². The Morgan fingerprint density at radius 3 is 2.72 bits per heavy atom. The Hall–Kier alpha value is -0.460. The number of hydrogen-bond acceptors (Lipinski definition) is 2. The lowest BCUT2D eigenvalue weighted by molar-refractivity contribution is -0.00850. The first-order valence-corrected chi connectivity index (χ1v) is 7.63. The molecule has 0 aromatic rings. The van der Waals surface area contributed by atoms with Crippen LogP contribution < -0.4 is 0 Å². The molecule has 2 fully saturated rings. The van der Waals surface area contributed by atoms with Crippen LogP contribution in [0.25, 0.3) is 0 Å². The van der Waals surface area contributed by atoms with Gasteiger partial charge < -0.3 is 0 Å². The van der Waals surface area contributed by atoms with Crippen molar-refractivity contribution in [3.05, 3.63) is 12.2 Å². The molecule has 0 amide bonds. The van der Waals surface area contributed by atoms with Gasteiger partial charge in [0.15, 0.2) is 0 Å². The molecular formula is C16H25NS. The Kier molecular flexibility index (Phi) is 4.08. The fourth-order valence-electron chi connectivity index (χ4n) is 4.58. The average Bonchev–Trinajstić information content (AvgIpc) is 2.28. The number of thiocarbonyl (C=S) groups is 1. The van der Waals surface area contributed by atoms with Gasteiger partial charge in [-0.2, -0.15) is 0 Å². The summed E-state index contributed by atoms with van der Waals surface area (Å²) in [4.78, 5) is 4.57. The second kappa shape index (κ2) is 5.27. The third-order valence-electron chi connectivity index (χ3n) is 5.47. The van der Waals surface area contributed by atoms with Crippen LogP contribution >= 0.6 is 12.2 Å². The molecule has 0 unspecified atom stereocenters. The molecule has 2 rings (SSSR count). The van der Waals surface area contributed by atoms with Crippen molar-refractivity contribution in [1.29, 1.82) is 0 Å². The Bertz CT molecular complexity index is 383. The van der Waals surface area contributed by atoms with Gasteiger partial charge in [0.1, 0.15) is 0 Å². The van der Waals surface area contributed by atoms with Crippen LogP contribution in [0.3, 0.4) is 0 Å². The van der Waals surface area contributed by atoms with Crippen LogP contribution in [0.5, 0.6) is 0 Å². The highest BCUT2D eigenvalue weighted by Gasteiger charge is 2.50. The minimum absolute atomic E-state index is 0.328. The topological polar surface area (TPSA) is 12.4 Å². The molecule has 0 aromatic carbocycles. The third-order valence-corrected chi connectivity index (χ3v) is 5.57. The van der Waals surface area contributed by atoms with Gasteiger partial charge in [-0.15, -0.1) is 0 Å². The Balaban J connectivity index is 2.36. The maximum Gasteiger partial charge on any atom is 0.0703 e. The summed E-state index contributed by atoms with van der Waals surface area (Å²) < 4.78 is 0. The van der Waals surface area contributed by atoms with E-state index in [1.807, 2.05) is 0 Å². The molecule has 2 heteroatoms. The molecule has 0 saturated heterocycles. The summed E-state index contributed by atoms with van der Waals surface area (Å²) in [6.45, 7) is 11.2. The normalized spacial score (nSPS) is 43.7. The molecule has 2 aliphatic rings. The highest BCUT2D eigenvalue weighted by molar-refractivity contribution is 7.78. The monoisotopic (exact) mass is 263 g/mol. The van der Waals surface area contributed by atoms with Crippen LogP contribution in [0.4, 0.5) is 0 Å². The molecule has 18 heavy (non-hydrogen) atoms. The van der Waals surface area contributed by atoms with E-state index in [-0.39, 0.29) is 0 Å². The van der Waals surface area contributed by atoms with Gasteiger partial charge in [0.05, 0.1) is 11.2 Å². The molecule has 2 aliphatic carbocycles. The summed E-state index contributed by atoms with van der Waals surface area (Å²) in [6, 6.07) is 0.328. The van der Waals surface area contributed by atoms with Crippen LogP contribution in [0.15, 0.2) is 17.1 Å². The molecule has 0 bridgehead atoms. The SMILES string of the molecule is C=C(C)[C@@H]1CC[C@@]2(C)CCC[C@@H](C)[C@@H]2[C@H]1N=C=S. The molecule has 1 nitrogen and oxygen atoms in total. The average molecular weight is 263 g/mol. The van der Waals surface area contributed by atoms with Crippen molar-refractivity contribution in [2.45, 2.75) is 58.9 Å². The van der Waals surface area contributed by atoms with E-state index in [0.29, 0.717) is 23.3 Å². The number of aliphatic imine (C=N–C) groups is 1. The number of isothiocyanates is 1. The quantitative estimate of drug-likeness (QED) is 0.393. The second-order valence-electron chi connectivity index (χ2n) is 6.75. The van der Waals surface area contributed by atoms with Crippen LogP contribution in [0.2, 0.25) is 0 Å². The summed E-state index contributed by atoms with van der Waals surface area (Å²) in [7, 11) is 0. The van der Waals surface area contributed by atoms with E-state index in [1.165, 1.54) is 37.7 Å². The van der Waals surface area contributed by atoms with Crippen LogP contribution in [-0.4, -0.2) is 11.2 Å². The number of fused-ring (bicyclic) bond motifs is 1. The van der Waals surface area contributed by atoms with E-state index < -0.39 is 0 Å². The van der Waals surface area contributed by atoms with Crippen LogP contribution in [0.1, 0.15) is 52.9 Å². The number of nitrogens with zero attached hydrogens (tertiary/aromatic N) is 1. The van der Waals surface area contributed by atoms with Gasteiger partial charge in [0.2, 0.25) is 0 Å². The summed E-state index contributed by atoms with van der Waals surface area (Å²) in [5.74, 6) is 1.93. The van der Waals surface area contributed by atoms with Gasteiger partial charge in [-0.25, -0.2) is 4.99 Å². The predicted octanol–water partition coefficient (Wildman–Crippen LogP) is 4.89. The van der Waals surface area contributed by atoms with E-state index in [9.17, 15) is 0 Å². The fraction of sp³-hybridized carbons (Fsp3) is 0.812. The van der Waals surface area contributed by atoms with Crippen molar-refractivity contribution < 1.29 is 0 Å². The zero-order chi connectivity index (χ0) is 13.3. The van der Waals surface area contributed by atoms with Crippen molar-refractivity contribution in [3.8, 4) is 0 Å². The maximum absolute atomic E-state index is 4.89. The van der Waals surface area contributed by atoms with Crippen molar-refractivity contribution in [1.82, 2.24) is 0 Å². The van der Waals surface area contributed by atoms with Gasteiger partial charge in [-0.1, -0.05) is 38.8 Å². The van der Waals surface area contributed by atoms with E-state index in [2.05, 4.69) is 37.5 Å². The minimum atomic E-state index is 0.328. The smallest absolute Gasteiger partial charge is 0.0703 e. The molecule has 0 heterocycles. The lowest BCUT2D eigenvalue weighted by atomic mass is 9.52. The standard InChI is InChI=1S/C16H25NS/c1-11(2)13-7-9-16(4)8-5-6-12(3)14(16)15(13)17-10-18/h12-15H,1,5-9H2,2-4H3/t12-,13+,14-,15+,16-/m1/s1. The van der Waals surface area contributed by atoms with E-state index in [1.54, 1.807) is 0 Å². The minimum Gasteiger partial charge on any atom is -0.228 e. The lowest BCUT2D eigenvalue weighted by Gasteiger charge is -2.53. The van der Waals surface area contributed by atoms with Crippen molar-refractivity contribution in [3.63, 3.8) is 0 Å². The Morgan fingerprint density at radius 2 is 2.11 bits per heavy atom. The summed E-state index contributed by atoms with van der Waals surface area (Å²) in [6.07, 6.45) is 6.62. The van der Waals surface area contributed by atoms with Crippen molar-refractivity contribution in [2.24, 2.45) is 28.2 Å². The van der Waals surface area contributed by atoms with E-state index >= 15 is 0 Å². The number of hydrogen-bond donors (Lipinski definition) is 0. The van der Waals surface area contributed by atoms with E-state index in [4.69, 9.17) is 12.2 Å². The fourth-order valence-corrected chi connectivity index (χ4v) is 4.70. The highest BCUT2D eigenvalue weighted by Crippen LogP contribution is 2.55. The molecule has 100 valence electrons. The highest BCUT2D eigenvalue weighted by atomic mass is 32.1. The molecule has 0 aromatic heterocycles. The van der Waals surface area contributed by atoms with Gasteiger partial charge in [0, 0.05) is 5.92 Å². The first-order valence-electron chi connectivity index (χ1n) is 7.22. The molecule has 0 aliphatic heterocycles. The third kappa shape index (κ3) is 2.33. The zero-order valence-corrected chi connectivity index (χ0v) is 12.7. The van der Waals surface area contributed by atoms with Crippen molar-refractivity contribution >= 4 is 17.4 Å². The molecule has 0 spiro atoms. The first kappa shape index (κ1) is 14.0. The van der Waals surface area contributed by atoms with Crippen LogP contribution in [-0.2, 0) is 0 Å².